The molecule has 0 aliphatic heterocycles. The van der Waals surface area contributed by atoms with E-state index in [1.165, 1.54) is 0 Å². The molecule has 0 heterocycles. The van der Waals surface area contributed by atoms with E-state index in [1.807, 2.05) is 72.8 Å². The number of nitrogens with one attached hydrogen (secondary N) is 4. The topological polar surface area (TPSA) is 116 Å². The van der Waals surface area contributed by atoms with E-state index in [-0.39, 0.29) is 23.6 Å². The summed E-state index contributed by atoms with van der Waals surface area (Å²) in [5.41, 5.74) is 2.85. The van der Waals surface area contributed by atoms with E-state index in [1.54, 1.807) is 48.5 Å². The van der Waals surface area contributed by atoms with E-state index in [9.17, 15) is 19.2 Å². The zero-order valence-corrected chi connectivity index (χ0v) is 24.6. The van der Waals surface area contributed by atoms with E-state index in [2.05, 4.69) is 21.3 Å². The Bertz CT molecular complexity index is 1370. The van der Waals surface area contributed by atoms with Crippen molar-refractivity contribution in [1.82, 2.24) is 21.3 Å². The van der Waals surface area contributed by atoms with Crippen LogP contribution in [0.5, 0.6) is 0 Å². The summed E-state index contributed by atoms with van der Waals surface area (Å²) in [7, 11) is 0. The Morgan fingerprint density at radius 1 is 0.455 bits per heavy atom. The van der Waals surface area contributed by atoms with Gasteiger partial charge in [0, 0.05) is 37.1 Å². The van der Waals surface area contributed by atoms with Gasteiger partial charge in [-0.3, -0.25) is 19.2 Å². The Morgan fingerprint density at radius 3 is 1.11 bits per heavy atom. The molecule has 8 nitrogen and oxygen atoms in total. The van der Waals surface area contributed by atoms with Gasteiger partial charge in [0.25, 0.3) is 11.8 Å². The maximum absolute atomic E-state index is 13.1. The number of unbranched alkanes of at least 4 members (excludes halogenated alkanes) is 1. The summed E-state index contributed by atoms with van der Waals surface area (Å²) < 4.78 is 0. The molecule has 4 amide bonds. The van der Waals surface area contributed by atoms with E-state index in [0.29, 0.717) is 49.9 Å². The van der Waals surface area contributed by atoms with Crippen molar-refractivity contribution in [2.75, 3.05) is 13.1 Å². The lowest BCUT2D eigenvalue weighted by atomic mass is 10.0. The minimum Gasteiger partial charge on any atom is -0.354 e. The molecule has 0 aromatic heterocycles. The maximum Gasteiger partial charge on any atom is 0.251 e. The number of benzene rings is 4. The molecule has 44 heavy (non-hydrogen) atoms. The molecule has 0 aliphatic carbocycles. The highest BCUT2D eigenvalue weighted by Gasteiger charge is 2.23. The normalized spacial score (nSPS) is 11.9. The number of hydrogen-bond donors (Lipinski definition) is 4. The van der Waals surface area contributed by atoms with E-state index >= 15 is 0 Å². The zero-order valence-electron chi connectivity index (χ0n) is 24.6. The number of rotatable bonds is 15. The van der Waals surface area contributed by atoms with Crippen LogP contribution >= 0.6 is 0 Å². The van der Waals surface area contributed by atoms with Gasteiger partial charge in [-0.1, -0.05) is 97.1 Å². The molecule has 0 saturated heterocycles. The Kier molecular flexibility index (Phi) is 12.3. The molecule has 4 aromatic carbocycles. The lowest BCUT2D eigenvalue weighted by molar-refractivity contribution is -0.123. The Labute approximate surface area is 258 Å². The van der Waals surface area contributed by atoms with E-state index in [4.69, 9.17) is 0 Å². The zero-order chi connectivity index (χ0) is 31.0. The quantitative estimate of drug-likeness (QED) is 0.156. The molecule has 0 radical (unpaired) electrons. The van der Waals surface area contributed by atoms with Crippen molar-refractivity contribution in [2.45, 2.75) is 37.8 Å². The van der Waals surface area contributed by atoms with Gasteiger partial charge in [0.05, 0.1) is 0 Å². The SMILES string of the molecule is O=C(N[C@@H](Cc1ccccc1)C(=O)NCCCCNC(=O)[C@H](Cc1ccccc1)NC(=O)c1ccccc1)c1ccccc1. The molecular formula is C36H38N4O4. The maximum atomic E-state index is 13.1. The first-order valence-corrected chi connectivity index (χ1v) is 14.8. The highest BCUT2D eigenvalue weighted by atomic mass is 16.2. The minimum atomic E-state index is -0.739. The van der Waals surface area contributed by atoms with Gasteiger partial charge >= 0.3 is 0 Å². The molecule has 8 heteroatoms. The molecule has 0 unspecified atom stereocenters. The summed E-state index contributed by atoms with van der Waals surface area (Å²) in [6.07, 6.45) is 1.96. The van der Waals surface area contributed by atoms with Crippen LogP contribution < -0.4 is 21.3 Å². The summed E-state index contributed by atoms with van der Waals surface area (Å²) in [6, 6.07) is 35.2. The highest BCUT2D eigenvalue weighted by molar-refractivity contribution is 5.98. The van der Waals surface area contributed by atoms with E-state index < -0.39 is 12.1 Å². The average molecular weight is 591 g/mol. The van der Waals surface area contributed by atoms with Crippen molar-refractivity contribution in [3.05, 3.63) is 144 Å². The largest absolute Gasteiger partial charge is 0.354 e. The van der Waals surface area contributed by atoms with Crippen molar-refractivity contribution < 1.29 is 19.2 Å². The molecule has 4 aromatic rings. The molecule has 0 fully saturated rings. The Morgan fingerprint density at radius 2 is 0.773 bits per heavy atom. The molecule has 226 valence electrons. The molecule has 4 N–H and O–H groups in total. The third-order valence-corrected chi connectivity index (χ3v) is 7.08. The fourth-order valence-corrected chi connectivity index (χ4v) is 4.70. The molecule has 0 aliphatic rings. The van der Waals surface area contributed by atoms with Gasteiger partial charge in [-0.25, -0.2) is 0 Å². The van der Waals surface area contributed by atoms with Gasteiger partial charge in [0.2, 0.25) is 11.8 Å². The lowest BCUT2D eigenvalue weighted by Crippen LogP contribution is -2.48. The number of hydrogen-bond acceptors (Lipinski definition) is 4. The minimum absolute atomic E-state index is 0.270. The number of carbonyl (C=O) groups is 4. The predicted molar refractivity (Wildman–Crippen MR) is 171 cm³/mol. The lowest BCUT2D eigenvalue weighted by Gasteiger charge is -2.20. The first kappa shape index (κ1) is 31.7. The summed E-state index contributed by atoms with van der Waals surface area (Å²) in [6.45, 7) is 0.777. The van der Waals surface area contributed by atoms with Crippen molar-refractivity contribution in [1.29, 1.82) is 0 Å². The molecule has 0 saturated carbocycles. The molecular weight excluding hydrogens is 552 g/mol. The van der Waals surface area contributed by atoms with Crippen LogP contribution in [0.15, 0.2) is 121 Å². The van der Waals surface area contributed by atoms with Crippen LogP contribution in [-0.2, 0) is 22.4 Å². The van der Waals surface area contributed by atoms with Gasteiger partial charge in [-0.15, -0.1) is 0 Å². The van der Waals surface area contributed by atoms with Gasteiger partial charge < -0.3 is 21.3 Å². The summed E-state index contributed by atoms with van der Waals surface area (Å²) in [4.78, 5) is 51.8. The Hall–Kier alpha value is -5.24. The summed E-state index contributed by atoms with van der Waals surface area (Å²) in [5.74, 6) is -1.16. The van der Waals surface area contributed by atoms with Crippen molar-refractivity contribution >= 4 is 23.6 Å². The summed E-state index contributed by atoms with van der Waals surface area (Å²) >= 11 is 0. The molecule has 0 spiro atoms. The van der Waals surface area contributed by atoms with Crippen molar-refractivity contribution in [3.63, 3.8) is 0 Å². The molecule has 4 rings (SSSR count). The van der Waals surface area contributed by atoms with Gasteiger partial charge in [0.15, 0.2) is 0 Å². The first-order chi connectivity index (χ1) is 21.5. The third-order valence-electron chi connectivity index (χ3n) is 7.08. The predicted octanol–water partition coefficient (Wildman–Crippen LogP) is 4.08. The first-order valence-electron chi connectivity index (χ1n) is 14.8. The van der Waals surface area contributed by atoms with Crippen LogP contribution in [0.2, 0.25) is 0 Å². The highest BCUT2D eigenvalue weighted by Crippen LogP contribution is 2.08. The number of amides is 4. The van der Waals surface area contributed by atoms with Crippen LogP contribution in [0.3, 0.4) is 0 Å². The fraction of sp³-hybridized carbons (Fsp3) is 0.222. The second-order valence-electron chi connectivity index (χ2n) is 10.5. The van der Waals surface area contributed by atoms with Crippen molar-refractivity contribution in [2.24, 2.45) is 0 Å². The fourth-order valence-electron chi connectivity index (χ4n) is 4.70. The monoisotopic (exact) mass is 590 g/mol. The second-order valence-corrected chi connectivity index (χ2v) is 10.5. The van der Waals surface area contributed by atoms with Crippen LogP contribution in [0.4, 0.5) is 0 Å². The average Bonchev–Trinajstić information content (AvgIpc) is 3.07. The smallest absolute Gasteiger partial charge is 0.251 e. The van der Waals surface area contributed by atoms with E-state index in [0.717, 1.165) is 11.1 Å². The van der Waals surface area contributed by atoms with Gasteiger partial charge in [-0.05, 0) is 48.2 Å². The van der Waals surface area contributed by atoms with Crippen LogP contribution in [0.25, 0.3) is 0 Å². The molecule has 0 bridgehead atoms. The van der Waals surface area contributed by atoms with Crippen LogP contribution in [-0.4, -0.2) is 48.8 Å². The third kappa shape index (κ3) is 10.2. The van der Waals surface area contributed by atoms with Crippen LogP contribution in [0.1, 0.15) is 44.7 Å². The standard InChI is InChI=1S/C36H38N4O4/c41-33(29-19-9-3-10-20-29)39-31(25-27-15-5-1-6-16-27)35(43)37-23-13-14-24-38-36(44)32(26-28-17-7-2-8-18-28)40-34(42)30-21-11-4-12-22-30/h1-12,15-22,31-32H,13-14,23-26H2,(H,37,43)(H,38,44)(H,39,41)(H,40,42)/t31-,32-/m0/s1. The van der Waals surface area contributed by atoms with Gasteiger partial charge in [0.1, 0.15) is 12.1 Å². The Balaban J connectivity index is 1.26. The summed E-state index contributed by atoms with van der Waals surface area (Å²) in [5, 5.41) is 11.6. The second kappa shape index (κ2) is 17.0. The van der Waals surface area contributed by atoms with Gasteiger partial charge in [-0.2, -0.15) is 0 Å². The number of carbonyl (C=O) groups excluding carboxylic acids is 4. The van der Waals surface area contributed by atoms with Crippen LogP contribution in [0, 0.1) is 0 Å². The molecule has 2 atom stereocenters. The van der Waals surface area contributed by atoms with Crippen molar-refractivity contribution in [3.8, 4) is 0 Å².